The molecule has 0 atom stereocenters. The van der Waals surface area contributed by atoms with Crippen molar-refractivity contribution in [3.63, 3.8) is 0 Å². The Balaban J connectivity index is 1.58. The van der Waals surface area contributed by atoms with E-state index in [-0.39, 0.29) is 5.91 Å². The van der Waals surface area contributed by atoms with Crippen molar-refractivity contribution in [3.05, 3.63) is 78.5 Å². The maximum atomic E-state index is 12.5. The maximum absolute atomic E-state index is 12.5. The van der Waals surface area contributed by atoms with E-state index >= 15 is 0 Å². The summed E-state index contributed by atoms with van der Waals surface area (Å²) in [7, 11) is 2.08. The van der Waals surface area contributed by atoms with Gasteiger partial charge in [-0.2, -0.15) is 0 Å². The van der Waals surface area contributed by atoms with Crippen LogP contribution in [0.1, 0.15) is 36.5 Å². The number of rotatable bonds is 8. The molecule has 2 aromatic carbocycles. The average molecular weight is 374 g/mol. The monoisotopic (exact) mass is 373 g/mol. The van der Waals surface area contributed by atoms with Gasteiger partial charge in [-0.05, 0) is 55.7 Å². The van der Waals surface area contributed by atoms with Gasteiger partial charge in [0.1, 0.15) is 0 Å². The van der Waals surface area contributed by atoms with E-state index in [1.165, 1.54) is 0 Å². The first-order valence-corrected chi connectivity index (χ1v) is 9.79. The molecule has 3 rings (SSSR count). The van der Waals surface area contributed by atoms with Crippen molar-refractivity contribution in [3.8, 4) is 0 Å². The van der Waals surface area contributed by atoms with Crippen LogP contribution in [0.5, 0.6) is 0 Å². The number of nitrogens with zero attached hydrogens (tertiary/aromatic N) is 2. The number of para-hydroxylation sites is 1. The van der Waals surface area contributed by atoms with Gasteiger partial charge in [0.05, 0.1) is 17.4 Å². The summed E-state index contributed by atoms with van der Waals surface area (Å²) in [6.45, 7) is 3.14. The van der Waals surface area contributed by atoms with Gasteiger partial charge in [0.15, 0.2) is 0 Å². The van der Waals surface area contributed by atoms with Crippen LogP contribution in [0.25, 0.3) is 10.9 Å². The summed E-state index contributed by atoms with van der Waals surface area (Å²) in [4.78, 5) is 19.1. The molecule has 0 aliphatic heterocycles. The Hall–Kier alpha value is -3.14. The van der Waals surface area contributed by atoms with Crippen LogP contribution >= 0.6 is 0 Å². The second kappa shape index (κ2) is 9.70. The molecule has 1 aromatic heterocycles. The number of carbonyl (C=O) groups is 1. The first-order chi connectivity index (χ1) is 13.7. The molecule has 28 heavy (non-hydrogen) atoms. The fourth-order valence-corrected chi connectivity index (χ4v) is 3.07. The second-order valence-corrected chi connectivity index (χ2v) is 6.86. The number of unbranched alkanes of at least 4 members (excludes halogenated alkanes) is 1. The molecule has 1 amide bonds. The summed E-state index contributed by atoms with van der Waals surface area (Å²) in [5.41, 5.74) is 3.36. The molecule has 1 N–H and O–H groups in total. The van der Waals surface area contributed by atoms with Crippen LogP contribution in [0.4, 0.5) is 11.4 Å². The number of anilines is 2. The summed E-state index contributed by atoms with van der Waals surface area (Å²) in [6, 6.07) is 17.5. The second-order valence-electron chi connectivity index (χ2n) is 6.86. The van der Waals surface area contributed by atoms with Crippen molar-refractivity contribution in [1.29, 1.82) is 0 Å². The molecular weight excluding hydrogens is 346 g/mol. The number of pyridine rings is 1. The van der Waals surface area contributed by atoms with Crippen LogP contribution in [0.2, 0.25) is 0 Å². The van der Waals surface area contributed by atoms with Gasteiger partial charge in [0, 0.05) is 30.2 Å². The van der Waals surface area contributed by atoms with E-state index in [4.69, 9.17) is 0 Å². The number of nitrogens with one attached hydrogen (secondary N) is 1. The Morgan fingerprint density at radius 2 is 1.89 bits per heavy atom. The smallest absolute Gasteiger partial charge is 0.255 e. The van der Waals surface area contributed by atoms with Crippen LogP contribution in [-0.4, -0.2) is 24.5 Å². The minimum Gasteiger partial charge on any atom is -0.375 e. The van der Waals surface area contributed by atoms with Gasteiger partial charge in [0.25, 0.3) is 5.91 Å². The van der Waals surface area contributed by atoms with Crippen LogP contribution in [0, 0.1) is 0 Å². The predicted molar refractivity (Wildman–Crippen MR) is 118 cm³/mol. The lowest BCUT2D eigenvalue weighted by Gasteiger charge is -2.19. The van der Waals surface area contributed by atoms with Gasteiger partial charge in [-0.3, -0.25) is 9.78 Å². The van der Waals surface area contributed by atoms with Crippen LogP contribution in [0.3, 0.4) is 0 Å². The lowest BCUT2D eigenvalue weighted by Crippen LogP contribution is -2.18. The zero-order chi connectivity index (χ0) is 19.8. The zero-order valence-electron chi connectivity index (χ0n) is 16.6. The molecule has 1 heterocycles. The van der Waals surface area contributed by atoms with Gasteiger partial charge in [-0.25, -0.2) is 0 Å². The highest BCUT2D eigenvalue weighted by molar-refractivity contribution is 6.05. The van der Waals surface area contributed by atoms with Gasteiger partial charge in [-0.15, -0.1) is 0 Å². The molecule has 0 saturated carbocycles. The lowest BCUT2D eigenvalue weighted by atomic mass is 10.1. The highest BCUT2D eigenvalue weighted by Crippen LogP contribution is 2.18. The van der Waals surface area contributed by atoms with Crippen LogP contribution in [0.15, 0.2) is 72.9 Å². The van der Waals surface area contributed by atoms with Gasteiger partial charge >= 0.3 is 0 Å². The quantitative estimate of drug-likeness (QED) is 0.409. The van der Waals surface area contributed by atoms with E-state index < -0.39 is 0 Å². The molecule has 0 aliphatic rings. The Morgan fingerprint density at radius 1 is 1.11 bits per heavy atom. The predicted octanol–water partition coefficient (Wildman–Crippen LogP) is 5.67. The van der Waals surface area contributed by atoms with Crippen molar-refractivity contribution in [2.24, 2.45) is 0 Å². The minimum atomic E-state index is -0.129. The van der Waals surface area contributed by atoms with E-state index in [0.717, 1.165) is 42.4 Å². The largest absolute Gasteiger partial charge is 0.375 e. The third-order valence-corrected chi connectivity index (χ3v) is 4.69. The highest BCUT2D eigenvalue weighted by Gasteiger charge is 2.08. The number of hydrogen-bond acceptors (Lipinski definition) is 3. The summed E-state index contributed by atoms with van der Waals surface area (Å²) in [6.07, 6.45) is 9.44. The Kier molecular flexibility index (Phi) is 6.79. The fourth-order valence-electron chi connectivity index (χ4n) is 3.07. The molecule has 3 aromatic rings. The summed E-state index contributed by atoms with van der Waals surface area (Å²) < 4.78 is 0. The molecule has 0 bridgehead atoms. The third kappa shape index (κ3) is 5.19. The summed E-state index contributed by atoms with van der Waals surface area (Å²) in [5.74, 6) is -0.129. The molecule has 0 aliphatic carbocycles. The molecule has 0 saturated heterocycles. The topological polar surface area (TPSA) is 45.2 Å². The van der Waals surface area contributed by atoms with Crippen molar-refractivity contribution in [1.82, 2.24) is 4.98 Å². The summed E-state index contributed by atoms with van der Waals surface area (Å²) >= 11 is 0. The van der Waals surface area contributed by atoms with Crippen molar-refractivity contribution in [2.75, 3.05) is 23.8 Å². The van der Waals surface area contributed by atoms with E-state index in [1.54, 1.807) is 6.20 Å². The molecule has 0 unspecified atom stereocenters. The summed E-state index contributed by atoms with van der Waals surface area (Å²) in [5, 5.41) is 3.94. The number of fused-ring (bicyclic) bond motifs is 1. The van der Waals surface area contributed by atoms with Crippen molar-refractivity contribution in [2.45, 2.75) is 26.2 Å². The first kappa shape index (κ1) is 19.6. The van der Waals surface area contributed by atoms with E-state index in [1.807, 2.05) is 54.6 Å². The highest BCUT2D eigenvalue weighted by atomic mass is 16.1. The van der Waals surface area contributed by atoms with E-state index in [2.05, 4.69) is 41.3 Å². The standard InChI is InChI=1S/C24H27N3O/c1-3-4-5-6-9-16-27(2)22-14-12-19(13-15-22)24(28)26-21-17-20-10-7-8-11-23(20)25-18-21/h4-5,7-8,10-15,17-18H,3,6,9,16H2,1-2H3,(H,26,28)/b5-4+. The number of carbonyl (C=O) groups excluding carboxylic acids is 1. The van der Waals surface area contributed by atoms with Crippen molar-refractivity contribution >= 4 is 28.2 Å². The number of hydrogen-bond donors (Lipinski definition) is 1. The Bertz CT molecular complexity index is 947. The van der Waals surface area contributed by atoms with Crippen LogP contribution in [-0.2, 0) is 0 Å². The molecular formula is C24H27N3O. The molecule has 0 fully saturated rings. The van der Waals surface area contributed by atoms with E-state index in [9.17, 15) is 4.79 Å². The first-order valence-electron chi connectivity index (χ1n) is 9.79. The molecule has 4 nitrogen and oxygen atoms in total. The molecule has 0 spiro atoms. The normalized spacial score (nSPS) is 11.1. The number of amides is 1. The third-order valence-electron chi connectivity index (χ3n) is 4.69. The fraction of sp³-hybridized carbons (Fsp3) is 0.250. The number of aromatic nitrogens is 1. The zero-order valence-corrected chi connectivity index (χ0v) is 16.6. The van der Waals surface area contributed by atoms with Crippen LogP contribution < -0.4 is 10.2 Å². The number of benzene rings is 2. The van der Waals surface area contributed by atoms with Gasteiger partial charge in [0.2, 0.25) is 0 Å². The van der Waals surface area contributed by atoms with Crippen molar-refractivity contribution < 1.29 is 4.79 Å². The molecule has 144 valence electrons. The average Bonchev–Trinajstić information content (AvgIpc) is 2.73. The Morgan fingerprint density at radius 3 is 2.68 bits per heavy atom. The van der Waals surface area contributed by atoms with E-state index in [0.29, 0.717) is 11.3 Å². The lowest BCUT2D eigenvalue weighted by molar-refractivity contribution is 0.102. The molecule has 4 heteroatoms. The molecule has 0 radical (unpaired) electrons. The van der Waals surface area contributed by atoms with Gasteiger partial charge < -0.3 is 10.2 Å². The number of allylic oxidation sites excluding steroid dienone is 2. The maximum Gasteiger partial charge on any atom is 0.255 e. The Labute approximate surface area is 166 Å². The van der Waals surface area contributed by atoms with Gasteiger partial charge in [-0.1, -0.05) is 37.3 Å². The SMILES string of the molecule is CC/C=C/CCCN(C)c1ccc(C(=O)Nc2cnc3ccccc3c2)cc1. The minimum absolute atomic E-state index is 0.129.